The first-order valence-electron chi connectivity index (χ1n) is 4.76. The average molecular weight is 226 g/mol. The third kappa shape index (κ3) is 2.80. The van der Waals surface area contributed by atoms with Crippen molar-refractivity contribution >= 4 is 11.6 Å². The van der Waals surface area contributed by atoms with E-state index in [1.54, 1.807) is 14.0 Å². The van der Waals surface area contributed by atoms with E-state index in [1.807, 2.05) is 0 Å². The number of aromatic nitrogens is 1. The maximum Gasteiger partial charge on any atom is 0.287 e. The quantitative estimate of drug-likeness (QED) is 0.557. The number of carbonyl (C=O) groups is 1. The molecule has 1 rings (SSSR count). The minimum Gasteiger partial charge on any atom is -0.349 e. The lowest BCUT2D eigenvalue weighted by Gasteiger charge is -2.07. The largest absolute Gasteiger partial charge is 0.349 e. The molecule has 0 aliphatic rings. The third-order valence-electron chi connectivity index (χ3n) is 2.02. The van der Waals surface area contributed by atoms with Crippen LogP contribution in [-0.2, 0) is 7.05 Å². The summed E-state index contributed by atoms with van der Waals surface area (Å²) in [6.45, 7) is 2.09. The van der Waals surface area contributed by atoms with Gasteiger partial charge in [-0.15, -0.1) is 0 Å². The summed E-state index contributed by atoms with van der Waals surface area (Å²) < 4.78 is 1.41. The Morgan fingerprint density at radius 2 is 2.38 bits per heavy atom. The number of nitrogens with one attached hydrogen (secondary N) is 1. The summed E-state index contributed by atoms with van der Waals surface area (Å²) in [5.74, 6) is -0.368. The standard InChI is InChI=1S/C9H14N4O3/c1-6(10)4-11-9(14)8-3-7(13(15)16)5-12(8)2/h3,5-6H,4,10H2,1-2H3,(H,11,14). The van der Waals surface area contributed by atoms with Crippen LogP contribution in [0.25, 0.3) is 0 Å². The molecule has 0 aliphatic carbocycles. The number of aryl methyl sites for hydroxylation is 1. The number of nitrogens with two attached hydrogens (primary N) is 1. The van der Waals surface area contributed by atoms with Crippen molar-refractivity contribution in [3.05, 3.63) is 28.1 Å². The van der Waals surface area contributed by atoms with Gasteiger partial charge in [0.05, 0.1) is 11.1 Å². The van der Waals surface area contributed by atoms with Crippen molar-refractivity contribution in [2.24, 2.45) is 12.8 Å². The van der Waals surface area contributed by atoms with Crippen LogP contribution in [0.3, 0.4) is 0 Å². The lowest BCUT2D eigenvalue weighted by molar-refractivity contribution is -0.384. The Morgan fingerprint density at radius 1 is 1.75 bits per heavy atom. The van der Waals surface area contributed by atoms with Crippen LogP contribution in [0.2, 0.25) is 0 Å². The average Bonchev–Trinajstić information content (AvgIpc) is 2.57. The summed E-state index contributed by atoms with van der Waals surface area (Å²) in [6.07, 6.45) is 1.29. The third-order valence-corrected chi connectivity index (χ3v) is 2.02. The Balaban J connectivity index is 2.79. The molecule has 88 valence electrons. The monoisotopic (exact) mass is 226 g/mol. The zero-order valence-corrected chi connectivity index (χ0v) is 9.14. The number of hydrogen-bond donors (Lipinski definition) is 2. The van der Waals surface area contributed by atoms with Gasteiger partial charge in [-0.3, -0.25) is 14.9 Å². The van der Waals surface area contributed by atoms with Gasteiger partial charge in [0.25, 0.3) is 11.6 Å². The lowest BCUT2D eigenvalue weighted by Crippen LogP contribution is -2.35. The molecule has 1 aromatic rings. The van der Waals surface area contributed by atoms with Gasteiger partial charge in [-0.05, 0) is 6.92 Å². The fourth-order valence-corrected chi connectivity index (χ4v) is 1.22. The van der Waals surface area contributed by atoms with E-state index in [4.69, 9.17) is 5.73 Å². The first kappa shape index (κ1) is 12.2. The summed E-state index contributed by atoms with van der Waals surface area (Å²) in [5.41, 5.74) is 5.62. The summed E-state index contributed by atoms with van der Waals surface area (Å²) >= 11 is 0. The molecule has 1 heterocycles. The van der Waals surface area contributed by atoms with Crippen molar-refractivity contribution in [2.45, 2.75) is 13.0 Å². The van der Waals surface area contributed by atoms with E-state index in [9.17, 15) is 14.9 Å². The van der Waals surface area contributed by atoms with Crippen molar-refractivity contribution in [2.75, 3.05) is 6.54 Å². The van der Waals surface area contributed by atoms with Gasteiger partial charge in [-0.1, -0.05) is 0 Å². The highest BCUT2D eigenvalue weighted by atomic mass is 16.6. The number of carbonyl (C=O) groups excluding carboxylic acids is 1. The van der Waals surface area contributed by atoms with Crippen LogP contribution < -0.4 is 11.1 Å². The molecule has 0 radical (unpaired) electrons. The highest BCUT2D eigenvalue weighted by Crippen LogP contribution is 2.14. The molecule has 1 amide bonds. The topological polar surface area (TPSA) is 103 Å². The van der Waals surface area contributed by atoms with Gasteiger partial charge in [-0.2, -0.15) is 0 Å². The van der Waals surface area contributed by atoms with Crippen LogP contribution in [0, 0.1) is 10.1 Å². The van der Waals surface area contributed by atoms with Crippen molar-refractivity contribution in [3.63, 3.8) is 0 Å². The molecule has 0 aliphatic heterocycles. The van der Waals surface area contributed by atoms with E-state index in [-0.39, 0.29) is 23.3 Å². The van der Waals surface area contributed by atoms with Crippen molar-refractivity contribution in [3.8, 4) is 0 Å². The molecular weight excluding hydrogens is 212 g/mol. The van der Waals surface area contributed by atoms with Crippen LogP contribution in [0.15, 0.2) is 12.3 Å². The van der Waals surface area contributed by atoms with Gasteiger partial charge < -0.3 is 15.6 Å². The molecule has 0 aromatic carbocycles. The molecule has 0 saturated heterocycles. The van der Waals surface area contributed by atoms with Crippen LogP contribution >= 0.6 is 0 Å². The zero-order valence-electron chi connectivity index (χ0n) is 9.14. The van der Waals surface area contributed by atoms with Crippen LogP contribution in [0.1, 0.15) is 17.4 Å². The fourth-order valence-electron chi connectivity index (χ4n) is 1.22. The number of hydrogen-bond acceptors (Lipinski definition) is 4. The van der Waals surface area contributed by atoms with Crippen LogP contribution in [0.5, 0.6) is 0 Å². The van der Waals surface area contributed by atoms with Gasteiger partial charge >= 0.3 is 0 Å². The Kier molecular flexibility index (Phi) is 3.62. The highest BCUT2D eigenvalue weighted by molar-refractivity contribution is 5.93. The number of rotatable bonds is 4. The molecule has 3 N–H and O–H groups in total. The molecule has 7 heteroatoms. The summed E-state index contributed by atoms with van der Waals surface area (Å²) in [7, 11) is 1.58. The molecule has 1 aromatic heterocycles. The molecule has 1 unspecified atom stereocenters. The van der Waals surface area contributed by atoms with Gasteiger partial charge in [0, 0.05) is 25.7 Å². The van der Waals surface area contributed by atoms with Crippen LogP contribution in [-0.4, -0.2) is 28.0 Å². The van der Waals surface area contributed by atoms with Crippen molar-refractivity contribution < 1.29 is 9.72 Å². The van der Waals surface area contributed by atoms with Gasteiger partial charge in [0.2, 0.25) is 0 Å². The minimum absolute atomic E-state index is 0.103. The molecule has 7 nitrogen and oxygen atoms in total. The number of amides is 1. The first-order valence-corrected chi connectivity index (χ1v) is 4.76. The Labute approximate surface area is 92.4 Å². The van der Waals surface area contributed by atoms with E-state index in [1.165, 1.54) is 16.8 Å². The normalized spacial score (nSPS) is 12.2. The number of nitrogens with zero attached hydrogens (tertiary/aromatic N) is 2. The van der Waals surface area contributed by atoms with E-state index in [2.05, 4.69) is 5.32 Å². The van der Waals surface area contributed by atoms with Gasteiger partial charge in [-0.25, -0.2) is 0 Å². The van der Waals surface area contributed by atoms with E-state index in [0.717, 1.165) is 0 Å². The Morgan fingerprint density at radius 3 is 2.81 bits per heavy atom. The Bertz CT molecular complexity index is 411. The maximum atomic E-state index is 11.6. The lowest BCUT2D eigenvalue weighted by atomic mass is 10.3. The molecule has 16 heavy (non-hydrogen) atoms. The fraction of sp³-hybridized carbons (Fsp3) is 0.444. The van der Waals surface area contributed by atoms with Gasteiger partial charge in [0.1, 0.15) is 5.69 Å². The maximum absolute atomic E-state index is 11.6. The van der Waals surface area contributed by atoms with E-state index < -0.39 is 4.92 Å². The summed E-state index contributed by atoms with van der Waals surface area (Å²) in [5, 5.41) is 13.1. The number of nitro groups is 1. The van der Waals surface area contributed by atoms with Crippen molar-refractivity contribution in [1.82, 2.24) is 9.88 Å². The molecule has 0 bridgehead atoms. The van der Waals surface area contributed by atoms with E-state index >= 15 is 0 Å². The van der Waals surface area contributed by atoms with Gasteiger partial charge in [0.15, 0.2) is 0 Å². The first-order chi connectivity index (χ1) is 7.41. The zero-order chi connectivity index (χ0) is 12.3. The molecular formula is C9H14N4O3. The molecule has 1 atom stereocenters. The SMILES string of the molecule is CC(N)CNC(=O)c1cc([N+](=O)[O-])cn1C. The van der Waals surface area contributed by atoms with Crippen molar-refractivity contribution in [1.29, 1.82) is 0 Å². The highest BCUT2D eigenvalue weighted by Gasteiger charge is 2.17. The molecule has 0 spiro atoms. The second-order valence-electron chi connectivity index (χ2n) is 3.64. The Hall–Kier alpha value is -1.89. The minimum atomic E-state index is -0.539. The molecule has 0 saturated carbocycles. The van der Waals surface area contributed by atoms with Crippen LogP contribution in [0.4, 0.5) is 5.69 Å². The predicted octanol–water partition coefficient (Wildman–Crippen LogP) is 0.0103. The smallest absolute Gasteiger partial charge is 0.287 e. The second kappa shape index (κ2) is 4.75. The second-order valence-corrected chi connectivity index (χ2v) is 3.64. The van der Waals surface area contributed by atoms with E-state index in [0.29, 0.717) is 6.54 Å². The molecule has 0 fully saturated rings. The summed E-state index contributed by atoms with van der Waals surface area (Å²) in [6, 6.07) is 1.08. The predicted molar refractivity (Wildman–Crippen MR) is 58.1 cm³/mol. The summed E-state index contributed by atoms with van der Waals surface area (Å²) in [4.78, 5) is 21.6.